The molecule has 3 aromatic rings. The van der Waals surface area contributed by atoms with E-state index in [9.17, 15) is 50.6 Å². The molecule has 2 aromatic heterocycles. The zero-order chi connectivity index (χ0) is 39.3. The lowest BCUT2D eigenvalue weighted by Gasteiger charge is -2.44. The molecule has 54 heavy (non-hydrogen) atoms. The normalized spacial score (nSPS) is 25.4. The molecule has 4 aliphatic rings. The summed E-state index contributed by atoms with van der Waals surface area (Å²) in [6.07, 6.45) is -8.32. The maximum atomic E-state index is 14.4. The number of hydrazine groups is 2. The van der Waals surface area contributed by atoms with Gasteiger partial charge in [0.25, 0.3) is 23.6 Å². The minimum atomic E-state index is -4.88. The summed E-state index contributed by atoms with van der Waals surface area (Å²) < 4.78 is 82.0. The first kappa shape index (κ1) is 37.9. The molecule has 1 aromatic carbocycles. The maximum Gasteiger partial charge on any atom is 0.433 e. The third kappa shape index (κ3) is 5.96. The van der Waals surface area contributed by atoms with Crippen molar-refractivity contribution in [3.05, 3.63) is 85.6 Å². The number of pyridine rings is 2. The lowest BCUT2D eigenvalue weighted by Crippen LogP contribution is -2.46. The number of phenols is 1. The van der Waals surface area contributed by atoms with Gasteiger partial charge in [0.2, 0.25) is 0 Å². The summed E-state index contributed by atoms with van der Waals surface area (Å²) in [5, 5.41) is 13.5. The minimum absolute atomic E-state index is 0.0483. The highest BCUT2D eigenvalue weighted by atomic mass is 79.9. The molecule has 0 spiro atoms. The van der Waals surface area contributed by atoms with Crippen LogP contribution >= 0.6 is 39.1 Å². The number of benzene rings is 1. The molecule has 11 nitrogen and oxygen atoms in total. The van der Waals surface area contributed by atoms with Crippen molar-refractivity contribution in [3.63, 3.8) is 0 Å². The summed E-state index contributed by atoms with van der Waals surface area (Å²) in [4.78, 5) is 64.1. The number of hydrogen-bond donors (Lipinski definition) is 1. The molecule has 3 fully saturated rings. The summed E-state index contributed by atoms with van der Waals surface area (Å²) in [7, 11) is 2.31. The van der Waals surface area contributed by atoms with Crippen molar-refractivity contribution in [1.29, 1.82) is 0 Å². The van der Waals surface area contributed by atoms with Crippen LogP contribution in [0, 0.1) is 29.6 Å². The van der Waals surface area contributed by atoms with Crippen molar-refractivity contribution in [2.75, 3.05) is 24.1 Å². The number of carbonyl (C=O) groups excluding carboxylic acids is 4. The molecule has 0 bridgehead atoms. The Morgan fingerprint density at radius 2 is 1.24 bits per heavy atom. The van der Waals surface area contributed by atoms with Crippen molar-refractivity contribution in [2.45, 2.75) is 31.1 Å². The number of halogens is 9. The van der Waals surface area contributed by atoms with Crippen LogP contribution in [0.4, 0.5) is 38.0 Å². The van der Waals surface area contributed by atoms with Crippen LogP contribution < -0.4 is 10.0 Å². The van der Waals surface area contributed by atoms with Gasteiger partial charge in [-0.05, 0) is 61.2 Å². The highest BCUT2D eigenvalue weighted by Crippen LogP contribution is 2.59. The Balaban J connectivity index is 1.30. The molecule has 2 saturated heterocycles. The zero-order valence-electron chi connectivity index (χ0n) is 27.7. The van der Waals surface area contributed by atoms with Crippen LogP contribution in [-0.4, -0.2) is 62.8 Å². The maximum absolute atomic E-state index is 14.4. The molecule has 0 radical (unpaired) electrons. The number of amides is 4. The fourth-order valence-corrected chi connectivity index (χ4v) is 8.93. The van der Waals surface area contributed by atoms with Crippen LogP contribution in [0.1, 0.15) is 35.7 Å². The Morgan fingerprint density at radius 3 is 1.76 bits per heavy atom. The SMILES string of the molecule is CN(c1nc(C(F)(F)F)ccc1Cl)N1C(=O)[C@H]2[C@H](CC=C3[C@H]2C[C@H]2C(=O)N(N(C)c4nc(C(F)(F)F)ccc4Cl)C(=O)[C@H]2[C@H]3c2cc(Br)ccc2O)C1=O. The molecule has 20 heteroatoms. The van der Waals surface area contributed by atoms with Crippen molar-refractivity contribution in [1.82, 2.24) is 20.0 Å². The van der Waals surface area contributed by atoms with Crippen LogP contribution in [0.5, 0.6) is 5.75 Å². The van der Waals surface area contributed by atoms with Crippen molar-refractivity contribution in [2.24, 2.45) is 29.6 Å². The van der Waals surface area contributed by atoms with E-state index >= 15 is 0 Å². The number of rotatable bonds is 5. The molecular weight excluding hydrogens is 837 g/mol. The lowest BCUT2D eigenvalue weighted by molar-refractivity contribution is -0.143. The van der Waals surface area contributed by atoms with E-state index in [1.165, 1.54) is 18.2 Å². The second-order valence-corrected chi connectivity index (χ2v) is 15.0. The van der Waals surface area contributed by atoms with Crippen LogP contribution in [0.2, 0.25) is 10.0 Å². The molecule has 2 aliphatic carbocycles. The topological polar surface area (TPSA) is 127 Å². The van der Waals surface area contributed by atoms with Crippen LogP contribution in [0.25, 0.3) is 0 Å². The van der Waals surface area contributed by atoms with E-state index in [4.69, 9.17) is 23.2 Å². The summed E-state index contributed by atoms with van der Waals surface area (Å²) >= 11 is 15.8. The van der Waals surface area contributed by atoms with Gasteiger partial charge < -0.3 is 5.11 Å². The molecule has 1 N–H and O–H groups in total. The number of aromatic nitrogens is 2. The Bertz CT molecular complexity index is 2170. The summed E-state index contributed by atoms with van der Waals surface area (Å²) in [6, 6.07) is 7.58. The van der Waals surface area contributed by atoms with Gasteiger partial charge >= 0.3 is 12.4 Å². The van der Waals surface area contributed by atoms with E-state index in [0.29, 0.717) is 32.2 Å². The first-order valence-corrected chi connectivity index (χ1v) is 17.7. The average Bonchev–Trinajstić information content (AvgIpc) is 3.50. The van der Waals surface area contributed by atoms with E-state index in [1.807, 2.05) is 0 Å². The molecular formula is C34H25BrCl2F6N6O5. The molecule has 0 unspecified atom stereocenters. The Labute approximate surface area is 320 Å². The standard InChI is InChI=1S/C34H25BrCl2F6N6O5/c1-46(27-19(36)6-9-22(44-27)33(38,39)40)48-29(51)15-5-4-14-16(25(15)31(48)53)12-18-26(24(14)17-11-13(35)3-8-21(17)50)32(54)49(30(18)52)47(2)28-20(37)7-10-23(45-28)34(41,42)43/h3-4,6-11,15-16,18,24-26,50H,5,12H2,1-2H3/t15-,16+,18+,24+,25-,26+/m0/s1. The van der Waals surface area contributed by atoms with E-state index < -0.39 is 94.5 Å². The van der Waals surface area contributed by atoms with Crippen molar-refractivity contribution >= 4 is 74.4 Å². The summed E-state index contributed by atoms with van der Waals surface area (Å²) in [5.74, 6) is -11.2. The molecule has 6 atom stereocenters. The van der Waals surface area contributed by atoms with Gasteiger partial charge in [0.15, 0.2) is 11.6 Å². The smallest absolute Gasteiger partial charge is 0.433 e. The average molecular weight is 862 g/mol. The molecule has 4 amide bonds. The van der Waals surface area contributed by atoms with Crippen LogP contribution in [-0.2, 0) is 31.5 Å². The third-order valence-electron chi connectivity index (χ3n) is 10.4. The van der Waals surface area contributed by atoms with Crippen LogP contribution in [0.15, 0.2) is 58.6 Å². The number of imide groups is 2. The first-order valence-electron chi connectivity index (χ1n) is 16.1. The zero-order valence-corrected chi connectivity index (χ0v) is 30.8. The predicted octanol–water partition coefficient (Wildman–Crippen LogP) is 7.03. The molecule has 7 rings (SSSR count). The number of phenolic OH excluding ortho intramolecular Hbond substituents is 1. The second-order valence-electron chi connectivity index (χ2n) is 13.3. The largest absolute Gasteiger partial charge is 0.508 e. The van der Waals surface area contributed by atoms with Gasteiger partial charge in [-0.15, -0.1) is 0 Å². The number of fused-ring (bicyclic) bond motifs is 4. The Hall–Kier alpha value is -4.42. The fourth-order valence-electron chi connectivity index (χ4n) is 8.09. The molecule has 1 saturated carbocycles. The fraction of sp³-hybridized carbons (Fsp3) is 0.353. The van der Waals surface area contributed by atoms with E-state index in [2.05, 4.69) is 25.9 Å². The Morgan fingerprint density at radius 1 is 0.741 bits per heavy atom. The van der Waals surface area contributed by atoms with Gasteiger partial charge in [-0.2, -0.15) is 36.4 Å². The number of alkyl halides is 6. The van der Waals surface area contributed by atoms with Gasteiger partial charge in [-0.25, -0.2) is 9.97 Å². The number of nitrogens with zero attached hydrogens (tertiary/aromatic N) is 6. The van der Waals surface area contributed by atoms with E-state index in [0.717, 1.165) is 36.2 Å². The highest BCUT2D eigenvalue weighted by molar-refractivity contribution is 9.10. The van der Waals surface area contributed by atoms with Crippen LogP contribution in [0.3, 0.4) is 0 Å². The number of carbonyl (C=O) groups is 4. The molecule has 2 aliphatic heterocycles. The Kier molecular flexibility index (Phi) is 9.20. The number of anilines is 2. The number of aromatic hydroxyl groups is 1. The highest BCUT2D eigenvalue weighted by Gasteiger charge is 2.63. The predicted molar refractivity (Wildman–Crippen MR) is 182 cm³/mol. The van der Waals surface area contributed by atoms with Gasteiger partial charge in [0, 0.05) is 30.0 Å². The van der Waals surface area contributed by atoms with E-state index in [-0.39, 0.29) is 34.2 Å². The molecule has 4 heterocycles. The second kappa shape index (κ2) is 13.1. The summed E-state index contributed by atoms with van der Waals surface area (Å²) in [5.41, 5.74) is -2.00. The minimum Gasteiger partial charge on any atom is -0.508 e. The van der Waals surface area contributed by atoms with Crippen molar-refractivity contribution in [3.8, 4) is 5.75 Å². The third-order valence-corrected chi connectivity index (χ3v) is 11.5. The van der Waals surface area contributed by atoms with Gasteiger partial charge in [-0.3, -0.25) is 29.2 Å². The van der Waals surface area contributed by atoms with Gasteiger partial charge in [0.05, 0.1) is 33.7 Å². The number of allylic oxidation sites excluding steroid dienone is 2. The van der Waals surface area contributed by atoms with Gasteiger partial charge in [-0.1, -0.05) is 50.8 Å². The molecule has 284 valence electrons. The van der Waals surface area contributed by atoms with Crippen molar-refractivity contribution < 1.29 is 50.6 Å². The quantitative estimate of drug-likeness (QED) is 0.164. The monoisotopic (exact) mass is 860 g/mol. The first-order chi connectivity index (χ1) is 25.2. The lowest BCUT2D eigenvalue weighted by atomic mass is 9.57. The summed E-state index contributed by atoms with van der Waals surface area (Å²) in [6.45, 7) is 0. The van der Waals surface area contributed by atoms with Gasteiger partial charge in [0.1, 0.15) is 17.1 Å². The van der Waals surface area contributed by atoms with E-state index in [1.54, 1.807) is 6.08 Å². The number of hydrogen-bond acceptors (Lipinski definition) is 9.